The van der Waals surface area contributed by atoms with E-state index in [-0.39, 0.29) is 35.9 Å². The number of aliphatic imine (C=N–C) groups is 1. The van der Waals surface area contributed by atoms with Gasteiger partial charge < -0.3 is 20.3 Å². The fraction of sp³-hybridized carbons (Fsp3) is 0.667. The summed E-state index contributed by atoms with van der Waals surface area (Å²) in [6.45, 7) is 8.03. The van der Waals surface area contributed by atoms with Crippen LogP contribution in [0.25, 0.3) is 0 Å². The van der Waals surface area contributed by atoms with E-state index in [0.717, 1.165) is 75.6 Å². The van der Waals surface area contributed by atoms with Gasteiger partial charge in [0.2, 0.25) is 5.91 Å². The molecule has 1 aliphatic carbocycles. The van der Waals surface area contributed by atoms with Crippen LogP contribution < -0.4 is 15.4 Å². The number of ether oxygens (including phenoxy) is 1. The van der Waals surface area contributed by atoms with Crippen LogP contribution in [-0.2, 0) is 11.3 Å². The number of hydrogen-bond acceptors (Lipinski definition) is 3. The zero-order valence-electron chi connectivity index (χ0n) is 19.1. The lowest BCUT2D eigenvalue weighted by Crippen LogP contribution is -2.45. The Morgan fingerprint density at radius 2 is 2.03 bits per heavy atom. The van der Waals surface area contributed by atoms with Crippen molar-refractivity contribution >= 4 is 35.8 Å². The molecule has 1 aromatic rings. The molecular formula is C24H39IN4O2. The average Bonchev–Trinajstić information content (AvgIpc) is 3.45. The standard InChI is InChI=1S/C24H38N4O2.HI/c1-3-5-15-30-22-12-8-9-19(16-22)17-26-24(25-4-2)27-21-13-14-28(18-21)23(29)20-10-6-7-11-20;/h8-9,12,16,20-21H,3-7,10-11,13-15,17-18H2,1-2H3,(H2,25,26,27);1H. The third-order valence-electron chi connectivity index (χ3n) is 5.97. The maximum absolute atomic E-state index is 12.7. The summed E-state index contributed by atoms with van der Waals surface area (Å²) in [6.07, 6.45) is 7.72. The first-order valence-electron chi connectivity index (χ1n) is 11.7. The summed E-state index contributed by atoms with van der Waals surface area (Å²) in [4.78, 5) is 19.5. The molecule has 3 rings (SSSR count). The Morgan fingerprint density at radius 1 is 1.23 bits per heavy atom. The minimum Gasteiger partial charge on any atom is -0.494 e. The summed E-state index contributed by atoms with van der Waals surface area (Å²) in [5, 5.41) is 6.87. The van der Waals surface area contributed by atoms with Crippen molar-refractivity contribution in [1.29, 1.82) is 0 Å². The predicted molar refractivity (Wildman–Crippen MR) is 137 cm³/mol. The number of hydrogen-bond donors (Lipinski definition) is 2. The van der Waals surface area contributed by atoms with Crippen LogP contribution in [-0.4, -0.2) is 49.0 Å². The summed E-state index contributed by atoms with van der Waals surface area (Å²) >= 11 is 0. The van der Waals surface area contributed by atoms with Crippen molar-refractivity contribution in [2.45, 2.75) is 71.4 Å². The monoisotopic (exact) mass is 542 g/mol. The highest BCUT2D eigenvalue weighted by molar-refractivity contribution is 14.0. The molecule has 1 aromatic carbocycles. The first kappa shape index (κ1) is 25.7. The highest BCUT2D eigenvalue weighted by Crippen LogP contribution is 2.27. The first-order valence-corrected chi connectivity index (χ1v) is 11.7. The minimum atomic E-state index is 0. The molecule has 1 atom stereocenters. The van der Waals surface area contributed by atoms with Gasteiger partial charge in [-0.15, -0.1) is 24.0 Å². The second kappa shape index (κ2) is 13.8. The van der Waals surface area contributed by atoms with E-state index in [1.165, 1.54) is 12.8 Å². The molecule has 2 aliphatic rings. The van der Waals surface area contributed by atoms with Crippen LogP contribution in [0.1, 0.15) is 64.4 Å². The number of rotatable bonds is 9. The van der Waals surface area contributed by atoms with Gasteiger partial charge in [-0.05, 0) is 50.3 Å². The van der Waals surface area contributed by atoms with Crippen LogP contribution in [0.5, 0.6) is 5.75 Å². The number of unbranched alkanes of at least 4 members (excludes halogenated alkanes) is 1. The van der Waals surface area contributed by atoms with Gasteiger partial charge in [0.1, 0.15) is 5.75 Å². The molecule has 1 aliphatic heterocycles. The fourth-order valence-electron chi connectivity index (χ4n) is 4.26. The lowest BCUT2D eigenvalue weighted by molar-refractivity contribution is -0.134. The van der Waals surface area contributed by atoms with Crippen molar-refractivity contribution in [2.24, 2.45) is 10.9 Å². The second-order valence-electron chi connectivity index (χ2n) is 8.44. The molecule has 1 saturated carbocycles. The van der Waals surface area contributed by atoms with Crippen LogP contribution in [0.15, 0.2) is 29.3 Å². The predicted octanol–water partition coefficient (Wildman–Crippen LogP) is 4.33. The van der Waals surface area contributed by atoms with Crippen LogP contribution in [0.4, 0.5) is 0 Å². The number of carbonyl (C=O) groups excluding carboxylic acids is 1. The van der Waals surface area contributed by atoms with E-state index in [4.69, 9.17) is 9.73 Å². The molecule has 1 saturated heterocycles. The van der Waals surface area contributed by atoms with Crippen LogP contribution in [0.3, 0.4) is 0 Å². The molecule has 0 bridgehead atoms. The Hall–Kier alpha value is -1.51. The second-order valence-corrected chi connectivity index (χ2v) is 8.44. The van der Waals surface area contributed by atoms with Gasteiger partial charge in [-0.25, -0.2) is 4.99 Å². The summed E-state index contributed by atoms with van der Waals surface area (Å²) < 4.78 is 5.81. The highest BCUT2D eigenvalue weighted by atomic mass is 127. The molecule has 0 spiro atoms. The van der Waals surface area contributed by atoms with E-state index in [9.17, 15) is 4.79 Å². The van der Waals surface area contributed by atoms with Gasteiger partial charge in [-0.2, -0.15) is 0 Å². The molecule has 1 unspecified atom stereocenters. The zero-order valence-corrected chi connectivity index (χ0v) is 21.4. The largest absolute Gasteiger partial charge is 0.494 e. The van der Waals surface area contributed by atoms with E-state index in [2.05, 4.69) is 36.6 Å². The molecule has 0 aromatic heterocycles. The lowest BCUT2D eigenvalue weighted by Gasteiger charge is -2.21. The van der Waals surface area contributed by atoms with Crippen molar-refractivity contribution < 1.29 is 9.53 Å². The molecule has 31 heavy (non-hydrogen) atoms. The van der Waals surface area contributed by atoms with Crippen molar-refractivity contribution in [3.63, 3.8) is 0 Å². The number of amides is 1. The molecular weight excluding hydrogens is 503 g/mol. The summed E-state index contributed by atoms with van der Waals surface area (Å²) in [6, 6.07) is 8.44. The Labute approximate surface area is 204 Å². The van der Waals surface area contributed by atoms with Gasteiger partial charge in [0.25, 0.3) is 0 Å². The maximum Gasteiger partial charge on any atom is 0.225 e. The van der Waals surface area contributed by atoms with Crippen LogP contribution in [0.2, 0.25) is 0 Å². The molecule has 174 valence electrons. The molecule has 6 nitrogen and oxygen atoms in total. The maximum atomic E-state index is 12.7. The number of carbonyl (C=O) groups is 1. The minimum absolute atomic E-state index is 0. The Kier molecular flexibility index (Phi) is 11.5. The topological polar surface area (TPSA) is 66.0 Å². The normalized spacial score (nSPS) is 19.2. The fourth-order valence-corrected chi connectivity index (χ4v) is 4.26. The lowest BCUT2D eigenvalue weighted by atomic mass is 10.1. The summed E-state index contributed by atoms with van der Waals surface area (Å²) in [5.41, 5.74) is 1.13. The van der Waals surface area contributed by atoms with E-state index in [1.54, 1.807) is 0 Å². The van der Waals surface area contributed by atoms with Gasteiger partial charge in [0.15, 0.2) is 5.96 Å². The van der Waals surface area contributed by atoms with Gasteiger partial charge >= 0.3 is 0 Å². The van der Waals surface area contributed by atoms with Crippen molar-refractivity contribution in [2.75, 3.05) is 26.2 Å². The van der Waals surface area contributed by atoms with E-state index >= 15 is 0 Å². The van der Waals surface area contributed by atoms with Crippen LogP contribution in [0, 0.1) is 5.92 Å². The van der Waals surface area contributed by atoms with Gasteiger partial charge in [0, 0.05) is 31.6 Å². The molecule has 2 N–H and O–H groups in total. The molecule has 0 radical (unpaired) electrons. The molecule has 2 fully saturated rings. The van der Waals surface area contributed by atoms with E-state index in [0.29, 0.717) is 12.5 Å². The van der Waals surface area contributed by atoms with Gasteiger partial charge in [-0.1, -0.05) is 38.3 Å². The SMILES string of the molecule is CCCCOc1cccc(CN=C(NCC)NC2CCN(C(=O)C3CCCC3)C2)c1.I. The quantitative estimate of drug-likeness (QED) is 0.211. The number of guanidine groups is 1. The van der Waals surface area contributed by atoms with E-state index in [1.807, 2.05) is 17.0 Å². The summed E-state index contributed by atoms with van der Waals surface area (Å²) in [5.74, 6) is 2.34. The Balaban J connectivity index is 0.00000341. The molecule has 1 heterocycles. The Bertz CT molecular complexity index is 707. The highest BCUT2D eigenvalue weighted by Gasteiger charge is 2.32. The van der Waals surface area contributed by atoms with Crippen molar-refractivity contribution in [3.05, 3.63) is 29.8 Å². The zero-order chi connectivity index (χ0) is 21.2. The van der Waals surface area contributed by atoms with E-state index < -0.39 is 0 Å². The van der Waals surface area contributed by atoms with Gasteiger partial charge in [-0.3, -0.25) is 4.79 Å². The summed E-state index contributed by atoms with van der Waals surface area (Å²) in [7, 11) is 0. The smallest absolute Gasteiger partial charge is 0.225 e. The Morgan fingerprint density at radius 3 is 2.77 bits per heavy atom. The molecule has 7 heteroatoms. The first-order chi connectivity index (χ1) is 14.7. The number of benzene rings is 1. The average molecular weight is 543 g/mol. The van der Waals surface area contributed by atoms with Gasteiger partial charge in [0.05, 0.1) is 13.2 Å². The van der Waals surface area contributed by atoms with Crippen LogP contribution >= 0.6 is 24.0 Å². The third-order valence-corrected chi connectivity index (χ3v) is 5.97. The number of nitrogens with zero attached hydrogens (tertiary/aromatic N) is 2. The number of nitrogens with one attached hydrogen (secondary N) is 2. The number of halogens is 1. The number of likely N-dealkylation sites (tertiary alicyclic amines) is 1. The molecule has 1 amide bonds. The third kappa shape index (κ3) is 8.16. The van der Waals surface area contributed by atoms with Crippen molar-refractivity contribution in [1.82, 2.24) is 15.5 Å². The van der Waals surface area contributed by atoms with Crippen molar-refractivity contribution in [3.8, 4) is 5.75 Å².